The first-order valence-electron chi connectivity index (χ1n) is 5.90. The number of halogens is 4. The number of rotatable bonds is 3. The quantitative estimate of drug-likeness (QED) is 0.791. The van der Waals surface area contributed by atoms with E-state index in [1.807, 2.05) is 0 Å². The minimum absolute atomic E-state index is 0.0195. The van der Waals surface area contributed by atoms with Gasteiger partial charge >= 0.3 is 6.18 Å². The normalized spacial score (nSPS) is 11.0. The third-order valence-corrected chi connectivity index (χ3v) is 2.77. The lowest BCUT2D eigenvalue weighted by Gasteiger charge is -2.14. The largest absolute Gasteiger partial charge is 0.488 e. The van der Waals surface area contributed by atoms with Gasteiger partial charge < -0.3 is 4.74 Å². The van der Waals surface area contributed by atoms with E-state index in [0.29, 0.717) is 0 Å². The van der Waals surface area contributed by atoms with Crippen molar-refractivity contribution in [3.8, 4) is 11.8 Å². The van der Waals surface area contributed by atoms with Gasteiger partial charge in [-0.1, -0.05) is 24.3 Å². The number of nitrogens with zero attached hydrogens (tertiary/aromatic N) is 1. The van der Waals surface area contributed by atoms with Gasteiger partial charge in [-0.2, -0.15) is 18.4 Å². The Bertz CT molecular complexity index is 689. The lowest BCUT2D eigenvalue weighted by molar-refractivity contribution is -0.139. The van der Waals surface area contributed by atoms with Crippen molar-refractivity contribution in [2.45, 2.75) is 12.8 Å². The number of hydrogen-bond acceptors (Lipinski definition) is 2. The van der Waals surface area contributed by atoms with Crippen molar-refractivity contribution in [1.29, 1.82) is 5.26 Å². The van der Waals surface area contributed by atoms with Crippen molar-refractivity contribution >= 4 is 0 Å². The van der Waals surface area contributed by atoms with Crippen LogP contribution in [0.2, 0.25) is 0 Å². The van der Waals surface area contributed by atoms with E-state index in [1.165, 1.54) is 30.3 Å². The number of hydrogen-bond donors (Lipinski definition) is 0. The molecule has 0 bridgehead atoms. The molecule has 21 heavy (non-hydrogen) atoms. The van der Waals surface area contributed by atoms with E-state index in [4.69, 9.17) is 10.00 Å². The molecule has 0 aliphatic rings. The first-order chi connectivity index (χ1) is 9.93. The minimum atomic E-state index is -4.55. The van der Waals surface area contributed by atoms with Gasteiger partial charge in [0.05, 0.1) is 11.1 Å². The summed E-state index contributed by atoms with van der Waals surface area (Å²) in [6, 6.07) is 10.4. The van der Waals surface area contributed by atoms with E-state index in [1.54, 1.807) is 6.07 Å². The van der Waals surface area contributed by atoms with Gasteiger partial charge in [-0.15, -0.1) is 0 Å². The highest BCUT2D eigenvalue weighted by atomic mass is 19.4. The maximum atomic E-state index is 13.8. The van der Waals surface area contributed by atoms with Crippen LogP contribution in [0.25, 0.3) is 0 Å². The van der Waals surface area contributed by atoms with E-state index < -0.39 is 24.2 Å². The fourth-order valence-corrected chi connectivity index (χ4v) is 1.76. The lowest BCUT2D eigenvalue weighted by Crippen LogP contribution is -2.09. The van der Waals surface area contributed by atoms with Crippen LogP contribution in [0.5, 0.6) is 5.75 Å². The Morgan fingerprint density at radius 3 is 2.43 bits per heavy atom. The van der Waals surface area contributed by atoms with Gasteiger partial charge in [-0.3, -0.25) is 0 Å². The maximum Gasteiger partial charge on any atom is 0.419 e. The van der Waals surface area contributed by atoms with Crippen LogP contribution in [0, 0.1) is 17.1 Å². The van der Waals surface area contributed by atoms with Gasteiger partial charge in [0.1, 0.15) is 24.2 Å². The van der Waals surface area contributed by atoms with E-state index >= 15 is 0 Å². The van der Waals surface area contributed by atoms with Crippen molar-refractivity contribution in [3.63, 3.8) is 0 Å². The summed E-state index contributed by atoms with van der Waals surface area (Å²) in [5, 5.41) is 8.70. The average Bonchev–Trinajstić information content (AvgIpc) is 2.45. The van der Waals surface area contributed by atoms with Crippen LogP contribution in [-0.4, -0.2) is 0 Å². The second-order valence-corrected chi connectivity index (χ2v) is 4.17. The highest BCUT2D eigenvalue weighted by molar-refractivity contribution is 5.37. The van der Waals surface area contributed by atoms with Crippen LogP contribution in [-0.2, 0) is 12.8 Å². The molecule has 0 heterocycles. The molecule has 0 N–H and O–H groups in total. The zero-order valence-electron chi connectivity index (χ0n) is 10.6. The fraction of sp³-hybridized carbons (Fsp3) is 0.133. The van der Waals surface area contributed by atoms with Crippen molar-refractivity contribution in [1.82, 2.24) is 0 Å². The fourth-order valence-electron chi connectivity index (χ4n) is 1.76. The van der Waals surface area contributed by atoms with Gasteiger partial charge in [0.25, 0.3) is 0 Å². The van der Waals surface area contributed by atoms with Crippen LogP contribution in [0.3, 0.4) is 0 Å². The second kappa shape index (κ2) is 5.83. The SMILES string of the molecule is N#Cc1cccc(COc2ccccc2C(F)(F)F)c1F. The zero-order chi connectivity index (χ0) is 15.5. The Morgan fingerprint density at radius 2 is 1.76 bits per heavy atom. The van der Waals surface area contributed by atoms with E-state index in [2.05, 4.69) is 0 Å². The summed E-state index contributed by atoms with van der Waals surface area (Å²) in [6.45, 7) is -0.394. The van der Waals surface area contributed by atoms with Crippen LogP contribution in [0.4, 0.5) is 17.6 Å². The van der Waals surface area contributed by atoms with Crippen molar-refractivity contribution < 1.29 is 22.3 Å². The van der Waals surface area contributed by atoms with Crippen LogP contribution >= 0.6 is 0 Å². The molecule has 0 aliphatic heterocycles. The molecule has 2 nitrogen and oxygen atoms in total. The third-order valence-electron chi connectivity index (χ3n) is 2.77. The molecule has 2 aromatic carbocycles. The molecule has 0 radical (unpaired) electrons. The molecule has 0 atom stereocenters. The summed E-state index contributed by atoms with van der Waals surface area (Å²) in [5.41, 5.74) is -1.09. The van der Waals surface area contributed by atoms with Gasteiger partial charge in [0.15, 0.2) is 0 Å². The molecule has 2 rings (SSSR count). The van der Waals surface area contributed by atoms with Crippen LogP contribution < -0.4 is 4.74 Å². The molecule has 0 saturated heterocycles. The number of para-hydroxylation sites is 1. The average molecular weight is 295 g/mol. The molecular weight excluding hydrogens is 286 g/mol. The first kappa shape index (κ1) is 14.9. The molecule has 0 spiro atoms. The Hall–Kier alpha value is -2.55. The van der Waals surface area contributed by atoms with Gasteiger partial charge in [-0.25, -0.2) is 4.39 Å². The lowest BCUT2D eigenvalue weighted by atomic mass is 10.1. The Labute approximate surface area is 118 Å². The molecule has 108 valence electrons. The molecule has 0 amide bonds. The molecule has 0 unspecified atom stereocenters. The number of benzene rings is 2. The predicted molar refractivity (Wildman–Crippen MR) is 66.9 cm³/mol. The van der Waals surface area contributed by atoms with Gasteiger partial charge in [0.2, 0.25) is 0 Å². The standard InChI is InChI=1S/C15H9F4NO/c16-14-10(8-20)4-3-5-11(14)9-21-13-7-2-1-6-12(13)15(17,18)19/h1-7H,9H2. The van der Waals surface area contributed by atoms with Crippen molar-refractivity contribution in [3.05, 3.63) is 65.0 Å². The monoisotopic (exact) mass is 295 g/mol. The van der Waals surface area contributed by atoms with Crippen LogP contribution in [0.1, 0.15) is 16.7 Å². The Balaban J connectivity index is 2.24. The molecule has 0 aliphatic carbocycles. The van der Waals surface area contributed by atoms with Crippen LogP contribution in [0.15, 0.2) is 42.5 Å². The van der Waals surface area contributed by atoms with Gasteiger partial charge in [-0.05, 0) is 18.2 Å². The second-order valence-electron chi connectivity index (χ2n) is 4.17. The third kappa shape index (κ3) is 3.31. The van der Waals surface area contributed by atoms with Crippen molar-refractivity contribution in [2.24, 2.45) is 0 Å². The summed E-state index contributed by atoms with van der Waals surface area (Å²) < 4.78 is 57.2. The Morgan fingerprint density at radius 1 is 1.05 bits per heavy atom. The molecule has 2 aromatic rings. The summed E-state index contributed by atoms with van der Waals surface area (Å²) in [6.07, 6.45) is -4.55. The zero-order valence-corrected chi connectivity index (χ0v) is 10.6. The smallest absolute Gasteiger partial charge is 0.419 e. The first-order valence-corrected chi connectivity index (χ1v) is 5.90. The number of nitriles is 1. The number of alkyl halides is 3. The summed E-state index contributed by atoms with van der Waals surface area (Å²) in [7, 11) is 0. The molecule has 0 saturated carbocycles. The highest BCUT2D eigenvalue weighted by Gasteiger charge is 2.34. The predicted octanol–water partition coefficient (Wildman–Crippen LogP) is 4.30. The molecular formula is C15H9F4NO. The summed E-state index contributed by atoms with van der Waals surface area (Å²) in [4.78, 5) is 0. The molecule has 0 fully saturated rings. The molecule has 0 aromatic heterocycles. The highest BCUT2D eigenvalue weighted by Crippen LogP contribution is 2.36. The number of ether oxygens (including phenoxy) is 1. The topological polar surface area (TPSA) is 33.0 Å². The van der Waals surface area contributed by atoms with E-state index in [9.17, 15) is 17.6 Å². The Kier molecular flexibility index (Phi) is 4.13. The maximum absolute atomic E-state index is 13.8. The van der Waals surface area contributed by atoms with E-state index in [-0.39, 0.29) is 16.9 Å². The van der Waals surface area contributed by atoms with Crippen molar-refractivity contribution in [2.75, 3.05) is 0 Å². The minimum Gasteiger partial charge on any atom is -0.488 e. The summed E-state index contributed by atoms with van der Waals surface area (Å²) >= 11 is 0. The summed E-state index contributed by atoms with van der Waals surface area (Å²) in [5.74, 6) is -1.17. The molecule has 6 heteroatoms. The van der Waals surface area contributed by atoms with Gasteiger partial charge in [0, 0.05) is 5.56 Å². The van der Waals surface area contributed by atoms with E-state index in [0.717, 1.165) is 12.1 Å².